The first-order chi connectivity index (χ1) is 4.83. The van der Waals surface area contributed by atoms with Gasteiger partial charge in [-0.15, -0.1) is 0 Å². The highest BCUT2D eigenvalue weighted by molar-refractivity contribution is 14.1. The van der Waals surface area contributed by atoms with E-state index in [1.54, 1.807) is 0 Å². The van der Waals surface area contributed by atoms with Crippen molar-refractivity contribution in [1.82, 2.24) is 0 Å². The summed E-state index contributed by atoms with van der Waals surface area (Å²) in [5.74, 6) is 0. The largest absolute Gasteiger partial charge is 0.0829 e. The van der Waals surface area contributed by atoms with Crippen LogP contribution >= 0.6 is 22.6 Å². The molecule has 1 heteroatoms. The molecule has 0 radical (unpaired) electrons. The lowest BCUT2D eigenvalue weighted by Crippen LogP contribution is -2.41. The van der Waals surface area contributed by atoms with Crippen molar-refractivity contribution in [2.24, 2.45) is 10.8 Å². The molecule has 1 saturated carbocycles. The highest BCUT2D eigenvalue weighted by atomic mass is 127. The average Bonchev–Trinajstić information content (AvgIpc) is 1.52. The quantitative estimate of drug-likeness (QED) is 0.523. The Hall–Kier alpha value is 0.730. The van der Waals surface area contributed by atoms with Gasteiger partial charge in [0, 0.05) is 3.92 Å². The summed E-state index contributed by atoms with van der Waals surface area (Å²) in [7, 11) is 0. The molecule has 66 valence electrons. The van der Waals surface area contributed by atoms with E-state index in [2.05, 4.69) is 50.3 Å². The summed E-state index contributed by atoms with van der Waals surface area (Å²) in [6.07, 6.45) is 4.25. The van der Waals surface area contributed by atoms with Gasteiger partial charge in [0.1, 0.15) is 0 Å². The molecular formula is C10H19I. The van der Waals surface area contributed by atoms with E-state index >= 15 is 0 Å². The number of alkyl halides is 1. The fourth-order valence-electron chi connectivity index (χ4n) is 3.08. The predicted octanol–water partition coefficient (Wildman–Crippen LogP) is 4.03. The number of halogens is 1. The molecule has 0 amide bonds. The van der Waals surface area contributed by atoms with Gasteiger partial charge in [0.25, 0.3) is 0 Å². The third kappa shape index (κ3) is 2.60. The van der Waals surface area contributed by atoms with E-state index in [9.17, 15) is 0 Å². The van der Waals surface area contributed by atoms with Crippen LogP contribution in [0.4, 0.5) is 0 Å². The van der Waals surface area contributed by atoms with Crippen LogP contribution in [0.2, 0.25) is 0 Å². The Morgan fingerprint density at radius 3 is 2.00 bits per heavy atom. The molecule has 0 bridgehead atoms. The third-order valence-corrected chi connectivity index (χ3v) is 3.03. The zero-order valence-corrected chi connectivity index (χ0v) is 10.2. The average molecular weight is 266 g/mol. The molecule has 0 aliphatic heterocycles. The summed E-state index contributed by atoms with van der Waals surface area (Å²) in [5, 5.41) is 0. The highest BCUT2D eigenvalue weighted by Gasteiger charge is 2.45. The fourth-order valence-corrected chi connectivity index (χ4v) is 4.15. The van der Waals surface area contributed by atoms with Crippen molar-refractivity contribution in [1.29, 1.82) is 0 Å². The molecule has 0 saturated heterocycles. The zero-order chi connectivity index (χ0) is 8.70. The Bertz CT molecular complexity index is 133. The molecule has 0 aromatic rings. The van der Waals surface area contributed by atoms with Crippen molar-refractivity contribution in [2.45, 2.75) is 50.9 Å². The van der Waals surface area contributed by atoms with E-state index in [-0.39, 0.29) is 0 Å². The smallest absolute Gasteiger partial charge is 0.00865 e. The maximum Gasteiger partial charge on any atom is 0.00865 e. The highest BCUT2D eigenvalue weighted by Crippen LogP contribution is 2.56. The van der Waals surface area contributed by atoms with Crippen molar-refractivity contribution < 1.29 is 0 Å². The molecule has 0 nitrogen and oxygen atoms in total. The van der Waals surface area contributed by atoms with Crippen LogP contribution in [0.3, 0.4) is 0 Å². The minimum absolute atomic E-state index is 0.639. The SMILES string of the molecule is CC(I)CC1(C)CC(C)(C)C1. The molecule has 1 unspecified atom stereocenters. The normalized spacial score (nSPS) is 29.2. The van der Waals surface area contributed by atoms with Crippen LogP contribution in [0.15, 0.2) is 0 Å². The van der Waals surface area contributed by atoms with Crippen molar-refractivity contribution in [3.05, 3.63) is 0 Å². The zero-order valence-electron chi connectivity index (χ0n) is 8.08. The van der Waals surface area contributed by atoms with Crippen LogP contribution in [0.1, 0.15) is 47.0 Å². The predicted molar refractivity (Wildman–Crippen MR) is 59.2 cm³/mol. The Balaban J connectivity index is 2.37. The van der Waals surface area contributed by atoms with Crippen molar-refractivity contribution in [3.8, 4) is 0 Å². The van der Waals surface area contributed by atoms with E-state index in [0.29, 0.717) is 10.8 Å². The number of rotatable bonds is 2. The lowest BCUT2D eigenvalue weighted by Gasteiger charge is -2.52. The second kappa shape index (κ2) is 2.90. The van der Waals surface area contributed by atoms with Gasteiger partial charge in [0.15, 0.2) is 0 Å². The van der Waals surface area contributed by atoms with Crippen LogP contribution in [0.5, 0.6) is 0 Å². The van der Waals surface area contributed by atoms with Gasteiger partial charge >= 0.3 is 0 Å². The third-order valence-electron chi connectivity index (χ3n) is 2.58. The minimum Gasteiger partial charge on any atom is -0.0829 e. The molecule has 0 spiro atoms. The fraction of sp³-hybridized carbons (Fsp3) is 1.00. The Morgan fingerprint density at radius 1 is 1.27 bits per heavy atom. The van der Waals surface area contributed by atoms with E-state index in [1.807, 2.05) is 0 Å². The van der Waals surface area contributed by atoms with Gasteiger partial charge in [-0.2, -0.15) is 0 Å². The first kappa shape index (κ1) is 9.82. The minimum atomic E-state index is 0.639. The van der Waals surface area contributed by atoms with E-state index in [0.717, 1.165) is 3.92 Å². The Kier molecular flexibility index (Phi) is 2.58. The number of hydrogen-bond donors (Lipinski definition) is 0. The summed E-state index contributed by atoms with van der Waals surface area (Å²) < 4.78 is 0.841. The molecule has 1 fully saturated rings. The van der Waals surface area contributed by atoms with Gasteiger partial charge in [0.2, 0.25) is 0 Å². The van der Waals surface area contributed by atoms with Gasteiger partial charge in [-0.3, -0.25) is 0 Å². The monoisotopic (exact) mass is 266 g/mol. The van der Waals surface area contributed by atoms with E-state index in [1.165, 1.54) is 19.3 Å². The molecule has 1 rings (SSSR count). The first-order valence-electron chi connectivity index (χ1n) is 4.47. The van der Waals surface area contributed by atoms with Gasteiger partial charge in [0.05, 0.1) is 0 Å². The maximum atomic E-state index is 2.54. The van der Waals surface area contributed by atoms with Crippen LogP contribution in [0, 0.1) is 10.8 Å². The Labute approximate surface area is 84.3 Å². The lowest BCUT2D eigenvalue weighted by molar-refractivity contribution is -0.00223. The van der Waals surface area contributed by atoms with Gasteiger partial charge in [-0.05, 0) is 30.1 Å². The van der Waals surface area contributed by atoms with Gasteiger partial charge in [-0.1, -0.05) is 50.3 Å². The lowest BCUT2D eigenvalue weighted by atomic mass is 9.54. The molecule has 1 aliphatic rings. The van der Waals surface area contributed by atoms with Crippen LogP contribution in [0.25, 0.3) is 0 Å². The van der Waals surface area contributed by atoms with E-state index < -0.39 is 0 Å². The maximum absolute atomic E-state index is 2.54. The molecule has 0 aromatic heterocycles. The summed E-state index contributed by atoms with van der Waals surface area (Å²) in [6.45, 7) is 9.52. The summed E-state index contributed by atoms with van der Waals surface area (Å²) in [6, 6.07) is 0. The summed E-state index contributed by atoms with van der Waals surface area (Å²) in [5.41, 5.74) is 1.31. The molecule has 0 heterocycles. The molecule has 1 aliphatic carbocycles. The topological polar surface area (TPSA) is 0 Å². The van der Waals surface area contributed by atoms with E-state index in [4.69, 9.17) is 0 Å². The van der Waals surface area contributed by atoms with Crippen molar-refractivity contribution >= 4 is 22.6 Å². The molecule has 11 heavy (non-hydrogen) atoms. The van der Waals surface area contributed by atoms with Crippen LogP contribution in [-0.2, 0) is 0 Å². The summed E-state index contributed by atoms with van der Waals surface area (Å²) >= 11 is 2.54. The standard InChI is InChI=1S/C10H19I/c1-8(11)5-10(4)6-9(2,3)7-10/h8H,5-7H2,1-4H3. The Morgan fingerprint density at radius 2 is 1.73 bits per heavy atom. The van der Waals surface area contributed by atoms with Crippen molar-refractivity contribution in [3.63, 3.8) is 0 Å². The molecular weight excluding hydrogens is 247 g/mol. The molecule has 0 aromatic carbocycles. The molecule has 0 N–H and O–H groups in total. The first-order valence-corrected chi connectivity index (χ1v) is 5.72. The summed E-state index contributed by atoms with van der Waals surface area (Å²) in [4.78, 5) is 0. The van der Waals surface area contributed by atoms with Gasteiger partial charge in [-0.25, -0.2) is 0 Å². The van der Waals surface area contributed by atoms with Gasteiger partial charge < -0.3 is 0 Å². The van der Waals surface area contributed by atoms with Crippen molar-refractivity contribution in [2.75, 3.05) is 0 Å². The number of hydrogen-bond acceptors (Lipinski definition) is 0. The second-order valence-corrected chi connectivity index (χ2v) is 7.44. The van der Waals surface area contributed by atoms with Crippen LogP contribution in [-0.4, -0.2) is 3.92 Å². The molecule has 1 atom stereocenters. The van der Waals surface area contributed by atoms with Crippen LogP contribution < -0.4 is 0 Å². The second-order valence-electron chi connectivity index (χ2n) is 5.31.